The Bertz CT molecular complexity index is 459. The fourth-order valence-corrected chi connectivity index (χ4v) is 2.71. The van der Waals surface area contributed by atoms with Gasteiger partial charge in [0.05, 0.1) is 5.69 Å². The number of benzene rings is 1. The standard InChI is InChI=1S/C15H22N2O2/c1-10-4-2-3-5-12(10)9-17-15(19)11-6-7-13(16)14(18)8-11/h6-8,10,12,18H,2-5,9,16H2,1H3,(H,17,19). The summed E-state index contributed by atoms with van der Waals surface area (Å²) in [7, 11) is 0. The number of nitrogens with one attached hydrogen (secondary N) is 1. The Balaban J connectivity index is 1.91. The largest absolute Gasteiger partial charge is 0.506 e. The predicted octanol–water partition coefficient (Wildman–Crippen LogP) is 2.53. The lowest BCUT2D eigenvalue weighted by atomic mass is 9.80. The van der Waals surface area contributed by atoms with Crippen LogP contribution in [0.4, 0.5) is 5.69 Å². The number of amides is 1. The average molecular weight is 262 g/mol. The van der Waals surface area contributed by atoms with Gasteiger partial charge in [-0.1, -0.05) is 26.2 Å². The van der Waals surface area contributed by atoms with E-state index in [1.165, 1.54) is 31.7 Å². The molecule has 1 aliphatic rings. The number of aromatic hydroxyl groups is 1. The third-order valence-electron chi connectivity index (χ3n) is 4.11. The minimum absolute atomic E-state index is 0.0429. The zero-order valence-electron chi connectivity index (χ0n) is 11.4. The van der Waals surface area contributed by atoms with E-state index in [1.54, 1.807) is 12.1 Å². The van der Waals surface area contributed by atoms with Crippen molar-refractivity contribution in [3.05, 3.63) is 23.8 Å². The van der Waals surface area contributed by atoms with Crippen molar-refractivity contribution in [1.82, 2.24) is 5.32 Å². The number of rotatable bonds is 3. The van der Waals surface area contributed by atoms with Gasteiger partial charge in [-0.3, -0.25) is 4.79 Å². The maximum absolute atomic E-state index is 12.0. The lowest BCUT2D eigenvalue weighted by Gasteiger charge is -2.28. The molecule has 1 fully saturated rings. The number of nitrogens with two attached hydrogens (primary N) is 1. The maximum Gasteiger partial charge on any atom is 0.251 e. The van der Waals surface area contributed by atoms with Gasteiger partial charge in [0, 0.05) is 12.1 Å². The first-order valence-electron chi connectivity index (χ1n) is 6.94. The van der Waals surface area contributed by atoms with Gasteiger partial charge in [0.15, 0.2) is 0 Å². The van der Waals surface area contributed by atoms with E-state index in [0.717, 1.165) is 0 Å². The van der Waals surface area contributed by atoms with Crippen molar-refractivity contribution in [3.63, 3.8) is 0 Å². The number of nitrogen functional groups attached to an aromatic ring is 1. The molecule has 1 aromatic rings. The molecule has 1 aromatic carbocycles. The minimum Gasteiger partial charge on any atom is -0.506 e. The summed E-state index contributed by atoms with van der Waals surface area (Å²) in [5.41, 5.74) is 6.26. The van der Waals surface area contributed by atoms with E-state index in [0.29, 0.717) is 23.9 Å². The van der Waals surface area contributed by atoms with Crippen molar-refractivity contribution >= 4 is 11.6 Å². The zero-order valence-corrected chi connectivity index (χ0v) is 11.4. The van der Waals surface area contributed by atoms with E-state index in [2.05, 4.69) is 12.2 Å². The summed E-state index contributed by atoms with van der Waals surface area (Å²) in [5, 5.41) is 12.5. The van der Waals surface area contributed by atoms with Gasteiger partial charge in [0.2, 0.25) is 0 Å². The van der Waals surface area contributed by atoms with E-state index in [9.17, 15) is 9.90 Å². The Labute approximate surface area is 114 Å². The van der Waals surface area contributed by atoms with Crippen LogP contribution in [0, 0.1) is 11.8 Å². The van der Waals surface area contributed by atoms with Crippen molar-refractivity contribution in [2.24, 2.45) is 11.8 Å². The lowest BCUT2D eigenvalue weighted by Crippen LogP contribution is -2.33. The monoisotopic (exact) mass is 262 g/mol. The summed E-state index contributed by atoms with van der Waals surface area (Å²) in [6.45, 7) is 2.97. The number of phenols is 1. The van der Waals surface area contributed by atoms with Crippen LogP contribution in [0.15, 0.2) is 18.2 Å². The van der Waals surface area contributed by atoms with E-state index in [1.807, 2.05) is 0 Å². The normalized spacial score (nSPS) is 23.0. The Morgan fingerprint density at radius 2 is 2.16 bits per heavy atom. The molecular formula is C15H22N2O2. The van der Waals surface area contributed by atoms with Gasteiger partial charge in [-0.05, 0) is 36.5 Å². The Morgan fingerprint density at radius 3 is 2.84 bits per heavy atom. The van der Waals surface area contributed by atoms with Gasteiger partial charge < -0.3 is 16.2 Å². The first-order chi connectivity index (χ1) is 9.08. The van der Waals surface area contributed by atoms with Crippen LogP contribution in [0.5, 0.6) is 5.75 Å². The molecule has 0 bridgehead atoms. The summed E-state index contributed by atoms with van der Waals surface area (Å²) in [6, 6.07) is 4.59. The molecule has 104 valence electrons. The SMILES string of the molecule is CC1CCCCC1CNC(=O)c1ccc(N)c(O)c1. The van der Waals surface area contributed by atoms with E-state index < -0.39 is 0 Å². The summed E-state index contributed by atoms with van der Waals surface area (Å²) in [6.07, 6.45) is 5.00. The van der Waals surface area contributed by atoms with Crippen LogP contribution in [0.25, 0.3) is 0 Å². The van der Waals surface area contributed by atoms with Gasteiger partial charge in [-0.25, -0.2) is 0 Å². The highest BCUT2D eigenvalue weighted by atomic mass is 16.3. The summed E-state index contributed by atoms with van der Waals surface area (Å²) < 4.78 is 0. The second-order valence-corrected chi connectivity index (χ2v) is 5.51. The van der Waals surface area contributed by atoms with Gasteiger partial charge in [0.25, 0.3) is 5.91 Å². The third-order valence-corrected chi connectivity index (χ3v) is 4.11. The number of hydrogen-bond donors (Lipinski definition) is 3. The molecule has 4 N–H and O–H groups in total. The highest BCUT2D eigenvalue weighted by Crippen LogP contribution is 2.29. The van der Waals surface area contributed by atoms with Gasteiger partial charge in [0.1, 0.15) is 5.75 Å². The number of phenolic OH excluding ortho intramolecular Hbond substituents is 1. The van der Waals surface area contributed by atoms with Crippen LogP contribution in [0.3, 0.4) is 0 Å². The summed E-state index contributed by atoms with van der Waals surface area (Å²) in [4.78, 5) is 12.0. The molecule has 2 unspecified atom stereocenters. The van der Waals surface area contributed by atoms with Crippen molar-refractivity contribution in [2.75, 3.05) is 12.3 Å². The zero-order chi connectivity index (χ0) is 13.8. The molecule has 0 aliphatic heterocycles. The highest BCUT2D eigenvalue weighted by molar-refractivity contribution is 5.95. The number of anilines is 1. The molecule has 19 heavy (non-hydrogen) atoms. The molecule has 0 saturated heterocycles. The molecule has 4 nitrogen and oxygen atoms in total. The second kappa shape index (κ2) is 5.95. The van der Waals surface area contributed by atoms with Gasteiger partial charge in [-0.2, -0.15) is 0 Å². The van der Waals surface area contributed by atoms with Crippen LogP contribution < -0.4 is 11.1 Å². The van der Waals surface area contributed by atoms with Crippen LogP contribution in [0.1, 0.15) is 43.0 Å². The molecular weight excluding hydrogens is 240 g/mol. The summed E-state index contributed by atoms with van der Waals surface area (Å²) in [5.74, 6) is 1.06. The Hall–Kier alpha value is -1.71. The molecule has 0 radical (unpaired) electrons. The van der Waals surface area contributed by atoms with Crippen molar-refractivity contribution in [2.45, 2.75) is 32.6 Å². The molecule has 0 aromatic heterocycles. The first-order valence-corrected chi connectivity index (χ1v) is 6.94. The number of carbonyl (C=O) groups is 1. The quantitative estimate of drug-likeness (QED) is 0.579. The lowest BCUT2D eigenvalue weighted by molar-refractivity contribution is 0.0936. The minimum atomic E-state index is -0.145. The smallest absolute Gasteiger partial charge is 0.251 e. The maximum atomic E-state index is 12.0. The number of hydrogen-bond acceptors (Lipinski definition) is 3. The first kappa shape index (κ1) is 13.7. The molecule has 4 heteroatoms. The van der Waals surface area contributed by atoms with Crippen LogP contribution in [-0.4, -0.2) is 17.6 Å². The third kappa shape index (κ3) is 3.40. The fourth-order valence-electron chi connectivity index (χ4n) is 2.71. The average Bonchev–Trinajstić information content (AvgIpc) is 2.40. The topological polar surface area (TPSA) is 75.4 Å². The van der Waals surface area contributed by atoms with Gasteiger partial charge in [-0.15, -0.1) is 0 Å². The second-order valence-electron chi connectivity index (χ2n) is 5.51. The van der Waals surface area contributed by atoms with Gasteiger partial charge >= 0.3 is 0 Å². The van der Waals surface area contributed by atoms with Crippen molar-refractivity contribution in [3.8, 4) is 5.75 Å². The summed E-state index contributed by atoms with van der Waals surface area (Å²) >= 11 is 0. The molecule has 1 amide bonds. The predicted molar refractivity (Wildman–Crippen MR) is 76.0 cm³/mol. The van der Waals surface area contributed by atoms with Crippen molar-refractivity contribution < 1.29 is 9.90 Å². The van der Waals surface area contributed by atoms with Crippen LogP contribution in [-0.2, 0) is 0 Å². The van der Waals surface area contributed by atoms with E-state index in [-0.39, 0.29) is 17.3 Å². The fraction of sp³-hybridized carbons (Fsp3) is 0.533. The Morgan fingerprint density at radius 1 is 1.42 bits per heavy atom. The molecule has 0 heterocycles. The van der Waals surface area contributed by atoms with Crippen LogP contribution in [0.2, 0.25) is 0 Å². The molecule has 0 spiro atoms. The van der Waals surface area contributed by atoms with Crippen LogP contribution >= 0.6 is 0 Å². The van der Waals surface area contributed by atoms with E-state index >= 15 is 0 Å². The molecule has 2 atom stereocenters. The molecule has 1 aliphatic carbocycles. The highest BCUT2D eigenvalue weighted by Gasteiger charge is 2.21. The Kier molecular flexibility index (Phi) is 4.30. The van der Waals surface area contributed by atoms with E-state index in [4.69, 9.17) is 5.73 Å². The molecule has 1 saturated carbocycles. The van der Waals surface area contributed by atoms with Crippen molar-refractivity contribution in [1.29, 1.82) is 0 Å². The number of carbonyl (C=O) groups excluding carboxylic acids is 1. The molecule has 2 rings (SSSR count).